The first-order chi connectivity index (χ1) is 7.09. The second kappa shape index (κ2) is 4.08. The summed E-state index contributed by atoms with van der Waals surface area (Å²) in [5, 5.41) is 3.65. The molecule has 0 fully saturated rings. The number of aromatic amines is 1. The quantitative estimate of drug-likeness (QED) is 0.817. The fraction of sp³-hybridized carbons (Fsp3) is 0.111. The Labute approximate surface area is 105 Å². The minimum absolute atomic E-state index is 0.501. The number of aryl methyl sites for hydroxylation is 1. The van der Waals surface area contributed by atoms with Gasteiger partial charge in [0.2, 0.25) is 4.77 Å². The van der Waals surface area contributed by atoms with Gasteiger partial charge in [-0.15, -0.1) is 0 Å². The molecule has 0 aliphatic carbocycles. The van der Waals surface area contributed by atoms with Gasteiger partial charge in [0.15, 0.2) is 5.82 Å². The second-order valence-corrected chi connectivity index (χ2v) is 4.61. The van der Waals surface area contributed by atoms with E-state index in [1.165, 1.54) is 0 Å². The summed E-state index contributed by atoms with van der Waals surface area (Å²) in [5.41, 5.74) is 0.831. The zero-order valence-corrected chi connectivity index (χ0v) is 10.9. The number of hydrogen-bond donors (Lipinski definition) is 1. The highest BCUT2D eigenvalue weighted by atomic mass is 79.9. The van der Waals surface area contributed by atoms with E-state index >= 15 is 0 Å². The standard InChI is InChI=1S/C9H7BrClN3S/c1-14-9(15)12-8(13-14)5-3-2-4-6(10)7(5)11/h2-4H,1H3,(H,12,13,15). The van der Waals surface area contributed by atoms with Crippen LogP contribution in [0, 0.1) is 4.77 Å². The Morgan fingerprint density at radius 3 is 2.87 bits per heavy atom. The number of benzene rings is 1. The first-order valence-corrected chi connectivity index (χ1v) is 5.75. The molecule has 3 nitrogen and oxygen atoms in total. The molecular formula is C9H7BrClN3S. The van der Waals surface area contributed by atoms with Gasteiger partial charge in [0, 0.05) is 17.1 Å². The zero-order chi connectivity index (χ0) is 11.0. The Kier molecular flexibility index (Phi) is 2.95. The number of H-pyrrole nitrogens is 1. The fourth-order valence-electron chi connectivity index (χ4n) is 1.21. The van der Waals surface area contributed by atoms with E-state index in [9.17, 15) is 0 Å². The summed E-state index contributed by atoms with van der Waals surface area (Å²) < 4.78 is 3.01. The average molecular weight is 305 g/mol. The predicted molar refractivity (Wildman–Crippen MR) is 66.5 cm³/mol. The number of rotatable bonds is 1. The maximum atomic E-state index is 6.14. The lowest BCUT2D eigenvalue weighted by atomic mass is 10.2. The molecule has 2 aromatic rings. The molecule has 78 valence electrons. The molecule has 0 atom stereocenters. The van der Waals surface area contributed by atoms with Gasteiger partial charge in [0.1, 0.15) is 0 Å². The van der Waals surface area contributed by atoms with Crippen molar-refractivity contribution in [2.24, 2.45) is 7.05 Å². The van der Waals surface area contributed by atoms with Crippen LogP contribution in [0.2, 0.25) is 5.02 Å². The normalized spacial score (nSPS) is 10.6. The van der Waals surface area contributed by atoms with Gasteiger partial charge in [-0.3, -0.25) is 9.78 Å². The highest BCUT2D eigenvalue weighted by molar-refractivity contribution is 9.10. The van der Waals surface area contributed by atoms with E-state index in [0.717, 1.165) is 10.0 Å². The van der Waals surface area contributed by atoms with Crippen LogP contribution in [-0.4, -0.2) is 14.8 Å². The lowest BCUT2D eigenvalue weighted by Gasteiger charge is -2.01. The van der Waals surface area contributed by atoms with Gasteiger partial charge in [0.25, 0.3) is 0 Å². The number of nitrogens with one attached hydrogen (secondary N) is 1. The summed E-state index contributed by atoms with van der Waals surface area (Å²) in [6, 6.07) is 5.67. The van der Waals surface area contributed by atoms with Gasteiger partial charge in [-0.25, -0.2) is 0 Å². The third-order valence-corrected chi connectivity index (χ3v) is 3.64. The van der Waals surface area contributed by atoms with Crippen LogP contribution in [0.25, 0.3) is 11.4 Å². The van der Waals surface area contributed by atoms with Crippen LogP contribution in [0.15, 0.2) is 22.7 Å². The van der Waals surface area contributed by atoms with Crippen molar-refractivity contribution in [1.82, 2.24) is 14.8 Å². The molecule has 0 saturated heterocycles. The smallest absolute Gasteiger partial charge is 0.216 e. The molecule has 0 aliphatic heterocycles. The highest BCUT2D eigenvalue weighted by Crippen LogP contribution is 2.31. The summed E-state index contributed by atoms with van der Waals surface area (Å²) >= 11 is 14.5. The molecular weight excluding hydrogens is 298 g/mol. The molecule has 0 spiro atoms. The van der Waals surface area contributed by atoms with Gasteiger partial charge >= 0.3 is 0 Å². The zero-order valence-electron chi connectivity index (χ0n) is 7.79. The van der Waals surface area contributed by atoms with Crippen LogP contribution in [0.4, 0.5) is 0 Å². The SMILES string of the molecule is Cn1[nH]c(-c2cccc(Br)c2Cl)nc1=S. The van der Waals surface area contributed by atoms with Gasteiger partial charge in [-0.05, 0) is 40.3 Å². The number of halogens is 2. The Morgan fingerprint density at radius 2 is 2.27 bits per heavy atom. The van der Waals surface area contributed by atoms with Crippen LogP contribution in [-0.2, 0) is 7.05 Å². The minimum Gasteiger partial charge on any atom is -0.279 e. The molecule has 0 saturated carbocycles. The van der Waals surface area contributed by atoms with Crippen LogP contribution in [0.5, 0.6) is 0 Å². The van der Waals surface area contributed by atoms with Crippen LogP contribution in [0.3, 0.4) is 0 Å². The van der Waals surface area contributed by atoms with E-state index in [-0.39, 0.29) is 0 Å². The molecule has 15 heavy (non-hydrogen) atoms. The Morgan fingerprint density at radius 1 is 1.53 bits per heavy atom. The molecule has 0 aliphatic rings. The molecule has 1 N–H and O–H groups in total. The van der Waals surface area contributed by atoms with Gasteiger partial charge in [-0.2, -0.15) is 4.98 Å². The van der Waals surface area contributed by atoms with E-state index in [0.29, 0.717) is 15.6 Å². The summed E-state index contributed by atoms with van der Waals surface area (Å²) in [4.78, 5) is 4.20. The first kappa shape index (κ1) is 10.9. The molecule has 2 rings (SSSR count). The third kappa shape index (κ3) is 2.00. The van der Waals surface area contributed by atoms with E-state index in [2.05, 4.69) is 26.0 Å². The molecule has 1 aromatic carbocycles. The van der Waals surface area contributed by atoms with Gasteiger partial charge in [0.05, 0.1) is 5.02 Å². The first-order valence-electron chi connectivity index (χ1n) is 4.17. The van der Waals surface area contributed by atoms with E-state index in [1.54, 1.807) is 4.68 Å². The van der Waals surface area contributed by atoms with Crippen LogP contribution >= 0.6 is 39.7 Å². The maximum absolute atomic E-state index is 6.14. The van der Waals surface area contributed by atoms with Crippen LogP contribution < -0.4 is 0 Å². The van der Waals surface area contributed by atoms with Gasteiger partial charge < -0.3 is 0 Å². The molecule has 1 heterocycles. The number of nitrogens with zero attached hydrogens (tertiary/aromatic N) is 2. The van der Waals surface area contributed by atoms with Crippen molar-refractivity contribution in [3.8, 4) is 11.4 Å². The second-order valence-electron chi connectivity index (χ2n) is 3.02. The minimum atomic E-state index is 0.501. The van der Waals surface area contributed by atoms with Crippen molar-refractivity contribution in [2.75, 3.05) is 0 Å². The molecule has 0 bridgehead atoms. The van der Waals surface area contributed by atoms with Crippen molar-refractivity contribution in [3.63, 3.8) is 0 Å². The third-order valence-electron chi connectivity index (χ3n) is 1.97. The molecule has 0 radical (unpaired) electrons. The van der Waals surface area contributed by atoms with Crippen molar-refractivity contribution in [2.45, 2.75) is 0 Å². The van der Waals surface area contributed by atoms with Gasteiger partial charge in [-0.1, -0.05) is 17.7 Å². The fourth-order valence-corrected chi connectivity index (χ4v) is 1.93. The van der Waals surface area contributed by atoms with E-state index in [1.807, 2.05) is 25.2 Å². The Bertz CT molecular complexity index is 561. The summed E-state index contributed by atoms with van der Waals surface area (Å²) in [7, 11) is 1.81. The van der Waals surface area contributed by atoms with E-state index in [4.69, 9.17) is 23.8 Å². The Balaban J connectivity index is 2.64. The van der Waals surface area contributed by atoms with Crippen LogP contribution in [0.1, 0.15) is 0 Å². The number of aromatic nitrogens is 3. The maximum Gasteiger partial charge on any atom is 0.216 e. The molecule has 1 aromatic heterocycles. The molecule has 6 heteroatoms. The highest BCUT2D eigenvalue weighted by Gasteiger charge is 2.09. The lowest BCUT2D eigenvalue weighted by Crippen LogP contribution is -1.89. The summed E-state index contributed by atoms with van der Waals surface area (Å²) in [5.74, 6) is 0.675. The van der Waals surface area contributed by atoms with Crippen molar-refractivity contribution >= 4 is 39.7 Å². The Hall–Kier alpha value is -0.650. The molecule has 0 amide bonds. The monoisotopic (exact) mass is 303 g/mol. The average Bonchev–Trinajstić information content (AvgIpc) is 2.51. The van der Waals surface area contributed by atoms with E-state index < -0.39 is 0 Å². The lowest BCUT2D eigenvalue weighted by molar-refractivity contribution is 0.756. The topological polar surface area (TPSA) is 33.6 Å². The van der Waals surface area contributed by atoms with Crippen molar-refractivity contribution < 1.29 is 0 Å². The summed E-state index contributed by atoms with van der Waals surface area (Å²) in [6.07, 6.45) is 0. The number of hydrogen-bond acceptors (Lipinski definition) is 2. The van der Waals surface area contributed by atoms with Crippen molar-refractivity contribution in [1.29, 1.82) is 0 Å². The molecule has 0 unspecified atom stereocenters. The van der Waals surface area contributed by atoms with Crippen molar-refractivity contribution in [3.05, 3.63) is 32.5 Å². The summed E-state index contributed by atoms with van der Waals surface area (Å²) in [6.45, 7) is 0. The largest absolute Gasteiger partial charge is 0.279 e. The predicted octanol–water partition coefficient (Wildman–Crippen LogP) is 3.56.